The van der Waals surface area contributed by atoms with Gasteiger partial charge in [0.2, 0.25) is 5.95 Å². The van der Waals surface area contributed by atoms with Crippen LogP contribution in [0.15, 0.2) is 48.8 Å². The number of nitrogens with zero attached hydrogens (tertiary/aromatic N) is 4. The number of carbonyl (C=O) groups excluding carboxylic acids is 1. The molecule has 0 radical (unpaired) electrons. The van der Waals surface area contributed by atoms with Crippen LogP contribution in [0.2, 0.25) is 0 Å². The third kappa shape index (κ3) is 6.60. The van der Waals surface area contributed by atoms with Gasteiger partial charge in [0.25, 0.3) is 0 Å². The molecule has 0 bridgehead atoms. The summed E-state index contributed by atoms with van der Waals surface area (Å²) >= 11 is 0. The van der Waals surface area contributed by atoms with E-state index in [2.05, 4.69) is 20.3 Å². The van der Waals surface area contributed by atoms with E-state index >= 15 is 0 Å². The van der Waals surface area contributed by atoms with E-state index in [1.165, 1.54) is 11.0 Å². The molecule has 3 aromatic rings. The standard InChI is InChI=1S/C27H32FN5O3.CH4/c1-16-13-19(7-9-21(16)28)22-10-8-20(14-30-22)17(2)31-25-29-12-11-24(32-25)33-23(15-35-26(33)34)18(3)36-27(4,5)6;/h7-14,17-18,23H,15H2,1-6H3,(H,29,31,32);1H4/t17-,18+,23+;/m0./s1. The van der Waals surface area contributed by atoms with Gasteiger partial charge in [-0.1, -0.05) is 13.5 Å². The minimum absolute atomic E-state index is 0. The van der Waals surface area contributed by atoms with Crippen LogP contribution in [0, 0.1) is 12.7 Å². The van der Waals surface area contributed by atoms with Gasteiger partial charge in [-0.25, -0.2) is 14.2 Å². The lowest BCUT2D eigenvalue weighted by Gasteiger charge is -2.31. The smallest absolute Gasteiger partial charge is 0.416 e. The van der Waals surface area contributed by atoms with Crippen LogP contribution in [0.5, 0.6) is 0 Å². The number of hydrogen-bond donors (Lipinski definition) is 1. The number of hydrogen-bond acceptors (Lipinski definition) is 7. The van der Waals surface area contributed by atoms with Crippen molar-refractivity contribution in [3.05, 3.63) is 65.7 Å². The zero-order valence-electron chi connectivity index (χ0n) is 21.4. The Morgan fingerprint density at radius 1 is 1.16 bits per heavy atom. The van der Waals surface area contributed by atoms with Crippen molar-refractivity contribution in [3.63, 3.8) is 0 Å². The van der Waals surface area contributed by atoms with Crippen molar-refractivity contribution < 1.29 is 18.7 Å². The molecule has 8 nitrogen and oxygen atoms in total. The Balaban J connectivity index is 0.00000380. The highest BCUT2D eigenvalue weighted by molar-refractivity contribution is 5.89. The summed E-state index contributed by atoms with van der Waals surface area (Å²) in [4.78, 5) is 27.5. The van der Waals surface area contributed by atoms with Crippen LogP contribution in [0.4, 0.5) is 21.0 Å². The lowest BCUT2D eigenvalue weighted by atomic mass is 10.1. The predicted octanol–water partition coefficient (Wildman–Crippen LogP) is 6.32. The number of benzene rings is 1. The zero-order valence-corrected chi connectivity index (χ0v) is 21.4. The third-order valence-electron chi connectivity index (χ3n) is 5.96. The van der Waals surface area contributed by atoms with E-state index in [9.17, 15) is 9.18 Å². The fraction of sp³-hybridized carbons (Fsp3) is 0.429. The van der Waals surface area contributed by atoms with Crippen molar-refractivity contribution in [3.8, 4) is 11.3 Å². The van der Waals surface area contributed by atoms with E-state index in [4.69, 9.17) is 9.47 Å². The number of amides is 1. The van der Waals surface area contributed by atoms with Crippen molar-refractivity contribution in [2.24, 2.45) is 0 Å². The maximum atomic E-state index is 13.6. The van der Waals surface area contributed by atoms with E-state index < -0.39 is 6.09 Å². The first-order chi connectivity index (χ1) is 17.0. The number of aryl methyl sites for hydroxylation is 1. The summed E-state index contributed by atoms with van der Waals surface area (Å²) in [5.74, 6) is 0.581. The van der Waals surface area contributed by atoms with Gasteiger partial charge in [0.15, 0.2) is 0 Å². The van der Waals surface area contributed by atoms with Gasteiger partial charge in [-0.3, -0.25) is 9.88 Å². The summed E-state index contributed by atoms with van der Waals surface area (Å²) in [6.45, 7) is 11.8. The van der Waals surface area contributed by atoms with Crippen molar-refractivity contribution in [2.45, 2.75) is 72.8 Å². The molecular weight excluding hydrogens is 473 g/mol. The number of ether oxygens (including phenoxy) is 2. The molecule has 198 valence electrons. The number of halogens is 1. The van der Waals surface area contributed by atoms with Crippen LogP contribution < -0.4 is 10.2 Å². The normalized spacial score (nSPS) is 17.1. The molecule has 0 spiro atoms. The zero-order chi connectivity index (χ0) is 26.0. The molecule has 1 saturated heterocycles. The number of pyridine rings is 1. The van der Waals surface area contributed by atoms with Crippen LogP contribution >= 0.6 is 0 Å². The third-order valence-corrected chi connectivity index (χ3v) is 5.96. The first-order valence-electron chi connectivity index (χ1n) is 12.0. The first-order valence-corrected chi connectivity index (χ1v) is 12.0. The maximum Gasteiger partial charge on any atom is 0.416 e. The van der Waals surface area contributed by atoms with Crippen LogP contribution in [0.3, 0.4) is 0 Å². The molecule has 3 atom stereocenters. The first kappa shape index (κ1) is 28.0. The van der Waals surface area contributed by atoms with Gasteiger partial charge in [0, 0.05) is 18.0 Å². The van der Waals surface area contributed by atoms with Gasteiger partial charge in [-0.05, 0) is 83.0 Å². The fourth-order valence-electron chi connectivity index (χ4n) is 4.15. The summed E-state index contributed by atoms with van der Waals surface area (Å²) in [5.41, 5.74) is 2.77. The summed E-state index contributed by atoms with van der Waals surface area (Å²) in [5, 5.41) is 3.27. The Morgan fingerprint density at radius 3 is 2.57 bits per heavy atom. The van der Waals surface area contributed by atoms with Crippen molar-refractivity contribution in [1.82, 2.24) is 15.0 Å². The number of carbonyl (C=O) groups is 1. The summed E-state index contributed by atoms with van der Waals surface area (Å²) in [7, 11) is 0. The van der Waals surface area contributed by atoms with Gasteiger partial charge < -0.3 is 14.8 Å². The molecule has 9 heteroatoms. The van der Waals surface area contributed by atoms with E-state index in [1.54, 1.807) is 37.5 Å². The Hall–Kier alpha value is -3.59. The van der Waals surface area contributed by atoms with Crippen molar-refractivity contribution >= 4 is 17.9 Å². The lowest BCUT2D eigenvalue weighted by Crippen LogP contribution is -2.45. The molecule has 3 heterocycles. The second-order valence-electron chi connectivity index (χ2n) is 9.99. The van der Waals surface area contributed by atoms with Crippen LogP contribution in [0.25, 0.3) is 11.3 Å². The largest absolute Gasteiger partial charge is 0.447 e. The summed E-state index contributed by atoms with van der Waals surface area (Å²) in [6, 6.07) is 10.0. The van der Waals surface area contributed by atoms with Gasteiger partial charge in [0.05, 0.1) is 23.4 Å². The van der Waals surface area contributed by atoms with E-state index in [1.807, 2.05) is 46.8 Å². The van der Waals surface area contributed by atoms with Crippen LogP contribution in [-0.4, -0.2) is 45.4 Å². The van der Waals surface area contributed by atoms with E-state index in [0.29, 0.717) is 17.3 Å². The van der Waals surface area contributed by atoms with Crippen molar-refractivity contribution in [2.75, 3.05) is 16.8 Å². The molecule has 0 unspecified atom stereocenters. The maximum absolute atomic E-state index is 13.6. The Morgan fingerprint density at radius 2 is 1.92 bits per heavy atom. The molecule has 1 amide bonds. The molecule has 1 N–H and O–H groups in total. The topological polar surface area (TPSA) is 89.5 Å². The average molecular weight is 510 g/mol. The number of anilines is 2. The Bertz CT molecular complexity index is 1230. The minimum Gasteiger partial charge on any atom is -0.447 e. The molecule has 1 aliphatic rings. The Labute approximate surface area is 218 Å². The molecule has 4 rings (SSSR count). The molecule has 1 aromatic carbocycles. The Kier molecular flexibility index (Phi) is 8.48. The molecule has 2 aromatic heterocycles. The molecule has 0 saturated carbocycles. The highest BCUT2D eigenvalue weighted by Crippen LogP contribution is 2.28. The van der Waals surface area contributed by atoms with Gasteiger partial charge in [-0.2, -0.15) is 4.98 Å². The van der Waals surface area contributed by atoms with E-state index in [-0.39, 0.29) is 43.6 Å². The SMILES string of the molecule is C.Cc1cc(-c2ccc([C@H](C)Nc3nccc(N4C(=O)OC[C@@H]4[C@@H](C)OC(C)(C)C)n3)cn2)ccc1F. The van der Waals surface area contributed by atoms with Crippen LogP contribution in [-0.2, 0) is 9.47 Å². The van der Waals surface area contributed by atoms with Gasteiger partial charge in [-0.15, -0.1) is 0 Å². The van der Waals surface area contributed by atoms with Gasteiger partial charge in [0.1, 0.15) is 24.3 Å². The molecular formula is C28H36FN5O3. The number of aromatic nitrogens is 3. The summed E-state index contributed by atoms with van der Waals surface area (Å²) < 4.78 is 25.0. The molecule has 37 heavy (non-hydrogen) atoms. The number of cyclic esters (lactones) is 1. The monoisotopic (exact) mass is 509 g/mol. The lowest BCUT2D eigenvalue weighted by molar-refractivity contribution is -0.0618. The van der Waals surface area contributed by atoms with Crippen LogP contribution in [0.1, 0.15) is 59.2 Å². The second kappa shape index (κ2) is 11.2. The highest BCUT2D eigenvalue weighted by Gasteiger charge is 2.40. The fourth-order valence-corrected chi connectivity index (χ4v) is 4.15. The predicted molar refractivity (Wildman–Crippen MR) is 143 cm³/mol. The highest BCUT2D eigenvalue weighted by atomic mass is 19.1. The van der Waals surface area contributed by atoms with Gasteiger partial charge >= 0.3 is 6.09 Å². The average Bonchev–Trinajstić information content (AvgIpc) is 3.21. The quantitative estimate of drug-likeness (QED) is 0.398. The van der Waals surface area contributed by atoms with Crippen molar-refractivity contribution in [1.29, 1.82) is 0 Å². The number of nitrogens with one attached hydrogen (secondary N) is 1. The summed E-state index contributed by atoms with van der Waals surface area (Å²) in [6.07, 6.45) is 2.66. The molecule has 1 fully saturated rings. The molecule has 0 aliphatic carbocycles. The second-order valence-corrected chi connectivity index (χ2v) is 9.99. The minimum atomic E-state index is -0.460. The number of rotatable bonds is 7. The molecule has 1 aliphatic heterocycles. The van der Waals surface area contributed by atoms with E-state index in [0.717, 1.165) is 16.8 Å².